The van der Waals surface area contributed by atoms with Gasteiger partial charge >= 0.3 is 19.8 Å². The minimum atomic E-state index is -4.39. The summed E-state index contributed by atoms with van der Waals surface area (Å²) >= 11 is 0. The molecule has 0 aromatic rings. The fraction of sp³-hybridized carbons (Fsp3) is 0.926. The number of hydrogen-bond donors (Lipinski definition) is 2. The second-order valence-corrected chi connectivity index (χ2v) is 29.5. The monoisotopic (exact) mass is 1300 g/mol. The number of carbonyl (C=O) groups excluding carboxylic acids is 2. The van der Waals surface area contributed by atoms with Crippen molar-refractivity contribution in [3.05, 3.63) is 24.3 Å². The van der Waals surface area contributed by atoms with Crippen LogP contribution in [0.25, 0.3) is 0 Å². The van der Waals surface area contributed by atoms with Crippen molar-refractivity contribution in [3.8, 4) is 0 Å². The topological polar surface area (TPSA) is 134 Å². The van der Waals surface area contributed by atoms with Gasteiger partial charge in [-0.05, 0) is 44.9 Å². The normalized spacial score (nSPS) is 12.9. The van der Waals surface area contributed by atoms with E-state index in [4.69, 9.17) is 24.3 Å². The number of hydrogen-bond acceptors (Lipinski definition) is 8. The van der Waals surface area contributed by atoms with E-state index < -0.39 is 26.5 Å². The van der Waals surface area contributed by atoms with Crippen LogP contribution in [0.5, 0.6) is 0 Å². The summed E-state index contributed by atoms with van der Waals surface area (Å²) in [4.78, 5) is 35.5. The number of phosphoric acid groups is 1. The van der Waals surface area contributed by atoms with Gasteiger partial charge < -0.3 is 20.1 Å². The number of rotatable bonds is 79. The number of unbranched alkanes of at least 4 members (excludes halogenated alkanes) is 62. The summed E-state index contributed by atoms with van der Waals surface area (Å²) in [6.45, 7) is 3.83. The number of phosphoric ester groups is 1. The molecule has 0 radical (unpaired) electrons. The van der Waals surface area contributed by atoms with E-state index in [0.717, 1.165) is 38.5 Å². The van der Waals surface area contributed by atoms with E-state index in [1.54, 1.807) is 0 Å². The molecule has 0 saturated heterocycles. The van der Waals surface area contributed by atoms with Crippen molar-refractivity contribution in [1.82, 2.24) is 0 Å². The van der Waals surface area contributed by atoms with Crippen molar-refractivity contribution in [3.63, 3.8) is 0 Å². The van der Waals surface area contributed by atoms with E-state index in [-0.39, 0.29) is 38.6 Å². The fourth-order valence-electron chi connectivity index (χ4n) is 12.8. The Morgan fingerprint density at radius 1 is 0.330 bits per heavy atom. The average Bonchev–Trinajstić information content (AvgIpc) is 3.71. The first-order chi connectivity index (χ1) is 44.8. The van der Waals surface area contributed by atoms with Crippen molar-refractivity contribution < 1.29 is 37.6 Å². The van der Waals surface area contributed by atoms with Gasteiger partial charge in [-0.3, -0.25) is 18.6 Å². The van der Waals surface area contributed by atoms with Crippen molar-refractivity contribution in [2.75, 3.05) is 26.4 Å². The third-order valence-corrected chi connectivity index (χ3v) is 19.8. The molecule has 2 atom stereocenters. The maximum Gasteiger partial charge on any atom is 0.472 e. The molecule has 0 bridgehead atoms. The van der Waals surface area contributed by atoms with Gasteiger partial charge in [-0.1, -0.05) is 417 Å². The molecule has 91 heavy (non-hydrogen) atoms. The van der Waals surface area contributed by atoms with Crippen molar-refractivity contribution in [1.29, 1.82) is 0 Å². The highest BCUT2D eigenvalue weighted by molar-refractivity contribution is 7.47. The Hall–Kier alpha value is -1.51. The van der Waals surface area contributed by atoms with Gasteiger partial charge in [0.1, 0.15) is 6.61 Å². The predicted octanol–water partition coefficient (Wildman–Crippen LogP) is 27.2. The first kappa shape index (κ1) is 89.5. The van der Waals surface area contributed by atoms with Crippen LogP contribution in [-0.4, -0.2) is 49.3 Å². The molecule has 0 saturated carbocycles. The Bertz CT molecular complexity index is 1540. The van der Waals surface area contributed by atoms with Crippen molar-refractivity contribution in [2.24, 2.45) is 5.73 Å². The van der Waals surface area contributed by atoms with Gasteiger partial charge in [0.05, 0.1) is 13.2 Å². The molecule has 2 unspecified atom stereocenters. The van der Waals surface area contributed by atoms with E-state index in [0.29, 0.717) is 6.42 Å². The smallest absolute Gasteiger partial charge is 0.462 e. The number of allylic oxidation sites excluding steroid dienone is 4. The highest BCUT2D eigenvalue weighted by Gasteiger charge is 2.26. The van der Waals surface area contributed by atoms with Gasteiger partial charge in [-0.25, -0.2) is 4.57 Å². The molecular weight excluding hydrogens is 1150 g/mol. The van der Waals surface area contributed by atoms with E-state index in [1.807, 2.05) is 0 Å². The zero-order valence-corrected chi connectivity index (χ0v) is 62.0. The minimum Gasteiger partial charge on any atom is -0.462 e. The molecule has 0 aromatic carbocycles. The lowest BCUT2D eigenvalue weighted by molar-refractivity contribution is -0.161. The Balaban J connectivity index is 3.72. The second kappa shape index (κ2) is 77.5. The quantitative estimate of drug-likeness (QED) is 0.0264. The van der Waals surface area contributed by atoms with Gasteiger partial charge in [0, 0.05) is 19.4 Å². The van der Waals surface area contributed by atoms with Crippen LogP contribution < -0.4 is 5.73 Å². The summed E-state index contributed by atoms with van der Waals surface area (Å²) in [6.07, 6.45) is 97.7. The summed E-state index contributed by atoms with van der Waals surface area (Å²) in [5.41, 5.74) is 5.42. The predicted molar refractivity (Wildman–Crippen MR) is 395 cm³/mol. The molecule has 0 aliphatic rings. The first-order valence-electron chi connectivity index (χ1n) is 40.8. The molecule has 0 aromatic heterocycles. The van der Waals surface area contributed by atoms with Crippen LogP contribution in [0.15, 0.2) is 24.3 Å². The van der Waals surface area contributed by atoms with E-state index >= 15 is 0 Å². The molecule has 0 aliphatic heterocycles. The summed E-state index contributed by atoms with van der Waals surface area (Å²) in [5, 5.41) is 0. The Labute approximate surface area is 567 Å². The molecule has 0 spiro atoms. The van der Waals surface area contributed by atoms with Gasteiger partial charge in [0.15, 0.2) is 6.10 Å². The van der Waals surface area contributed by atoms with Gasteiger partial charge in [0.25, 0.3) is 0 Å². The lowest BCUT2D eigenvalue weighted by Crippen LogP contribution is -2.29. The Kier molecular flexibility index (Phi) is 76.2. The molecular formula is C81H158NO8P. The Morgan fingerprint density at radius 3 is 0.835 bits per heavy atom. The van der Waals surface area contributed by atoms with Crippen molar-refractivity contribution >= 4 is 19.8 Å². The minimum absolute atomic E-state index is 0.0571. The standard InChI is InChI=1S/C81H158NO8P/c1-3-5-7-9-11-13-15-17-19-21-23-25-27-29-31-33-35-36-37-38-39-40-41-42-44-45-47-49-51-53-55-57-59-61-63-65-67-69-71-73-80(83)87-77-79(78-89-91(85,86)88-76-75-82)90-81(84)74-72-70-68-66-64-62-60-58-56-54-52-50-48-46-43-34-32-30-28-26-24-22-20-18-16-14-12-10-8-6-4-2/h16,18,22,24,79H,3-15,17,19-21,23,25-78,82H2,1-2H3,(H,85,86)/b18-16-,24-22-. The highest BCUT2D eigenvalue weighted by Crippen LogP contribution is 2.43. The summed E-state index contributed by atoms with van der Waals surface area (Å²) in [7, 11) is -4.39. The van der Waals surface area contributed by atoms with Crippen LogP contribution in [0.3, 0.4) is 0 Å². The van der Waals surface area contributed by atoms with Crippen LogP contribution in [0.1, 0.15) is 450 Å². The third-order valence-electron chi connectivity index (χ3n) is 18.8. The summed E-state index contributed by atoms with van der Waals surface area (Å²) < 4.78 is 33.3. The molecule has 9 nitrogen and oxygen atoms in total. The van der Waals surface area contributed by atoms with Crippen LogP contribution in [0, 0.1) is 0 Å². The molecule has 3 N–H and O–H groups in total. The number of ether oxygens (including phenoxy) is 2. The maximum atomic E-state index is 12.8. The molecule has 0 rings (SSSR count). The van der Waals surface area contributed by atoms with Gasteiger partial charge in [-0.15, -0.1) is 0 Å². The summed E-state index contributed by atoms with van der Waals surface area (Å²) in [6, 6.07) is 0. The molecule has 540 valence electrons. The van der Waals surface area contributed by atoms with Gasteiger partial charge in [-0.2, -0.15) is 0 Å². The maximum absolute atomic E-state index is 12.8. The molecule has 10 heteroatoms. The zero-order valence-electron chi connectivity index (χ0n) is 61.1. The van der Waals surface area contributed by atoms with E-state index in [2.05, 4.69) is 38.2 Å². The van der Waals surface area contributed by atoms with E-state index in [9.17, 15) is 19.0 Å². The number of esters is 2. The second-order valence-electron chi connectivity index (χ2n) is 28.0. The van der Waals surface area contributed by atoms with Crippen LogP contribution in [-0.2, 0) is 32.7 Å². The molecule has 0 fully saturated rings. The van der Waals surface area contributed by atoms with E-state index in [1.165, 1.54) is 379 Å². The number of carbonyl (C=O) groups is 2. The largest absolute Gasteiger partial charge is 0.472 e. The van der Waals surface area contributed by atoms with Crippen LogP contribution in [0.4, 0.5) is 0 Å². The Morgan fingerprint density at radius 2 is 0.571 bits per heavy atom. The fourth-order valence-corrected chi connectivity index (χ4v) is 13.6. The molecule has 0 heterocycles. The van der Waals surface area contributed by atoms with Crippen LogP contribution >= 0.6 is 7.82 Å². The SMILES string of the molecule is CCCCCCC/C=C\C/C=C\CCCCCCCCCCCCCCCCCCCCCC(=O)OC(COC(=O)CCCCCCCCCCCCCCCCCCCCCCCCCCCCCCCCCCCCCCCCC)COP(=O)(O)OCCN. The highest BCUT2D eigenvalue weighted by atomic mass is 31.2. The molecule has 0 amide bonds. The summed E-state index contributed by atoms with van der Waals surface area (Å²) in [5.74, 6) is -0.799. The van der Waals surface area contributed by atoms with Crippen molar-refractivity contribution in [2.45, 2.75) is 457 Å². The lowest BCUT2D eigenvalue weighted by Gasteiger charge is -2.19. The first-order valence-corrected chi connectivity index (χ1v) is 42.3. The average molecular weight is 1310 g/mol. The number of nitrogens with two attached hydrogens (primary N) is 1. The van der Waals surface area contributed by atoms with Gasteiger partial charge in [0.2, 0.25) is 0 Å². The zero-order chi connectivity index (χ0) is 65.8. The van der Waals surface area contributed by atoms with Crippen LogP contribution in [0.2, 0.25) is 0 Å². The lowest BCUT2D eigenvalue weighted by atomic mass is 10.0. The molecule has 0 aliphatic carbocycles. The third kappa shape index (κ3) is 77.4.